The number of aliphatic hydroxyl groups is 1. The number of hydrogen-bond acceptors (Lipinski definition) is 15. The lowest BCUT2D eigenvalue weighted by Crippen LogP contribution is -2.30. The topological polar surface area (TPSA) is 237 Å². The van der Waals surface area contributed by atoms with Gasteiger partial charge in [0.05, 0.1) is 26.4 Å². The SMILES string of the molecule is CCCCCCCCCCCCCCCCC(=O)O[C@H](COC(=O)CCCCCCCCCCCCC(C)C)COP(=O)(O)OC[C@@H](O)COP(=O)(O)OC[C@@H](COC(=O)CCCCCCCCCCC)OC(=O)CCCCCCCCCCCCC. The van der Waals surface area contributed by atoms with E-state index in [1.165, 1.54) is 173 Å². The number of phosphoric acid groups is 2. The fraction of sp³-hybridized carbons (Fsp3) is 0.941. The van der Waals surface area contributed by atoms with E-state index < -0.39 is 97.5 Å². The number of rotatable bonds is 68. The Morgan fingerprint density at radius 3 is 0.782 bits per heavy atom. The van der Waals surface area contributed by atoms with E-state index in [-0.39, 0.29) is 25.7 Å². The summed E-state index contributed by atoms with van der Waals surface area (Å²) in [7, 11) is -9.89. The summed E-state index contributed by atoms with van der Waals surface area (Å²) in [5.74, 6) is -1.37. The van der Waals surface area contributed by atoms with Crippen LogP contribution in [0.4, 0.5) is 0 Å². The summed E-state index contributed by atoms with van der Waals surface area (Å²) in [4.78, 5) is 72.4. The minimum atomic E-state index is -4.95. The van der Waals surface area contributed by atoms with E-state index in [2.05, 4.69) is 34.6 Å². The summed E-state index contributed by atoms with van der Waals surface area (Å²) < 4.78 is 68.2. The van der Waals surface area contributed by atoms with E-state index in [0.29, 0.717) is 25.7 Å². The Kier molecular flexibility index (Phi) is 60.2. The van der Waals surface area contributed by atoms with Gasteiger partial charge in [-0.05, 0) is 31.6 Å². The molecule has 0 amide bonds. The van der Waals surface area contributed by atoms with Gasteiger partial charge in [-0.15, -0.1) is 0 Å². The Hall–Kier alpha value is -1.94. The van der Waals surface area contributed by atoms with Crippen molar-refractivity contribution in [2.24, 2.45) is 5.92 Å². The maximum atomic E-state index is 13.0. The van der Waals surface area contributed by atoms with E-state index in [1.807, 2.05) is 0 Å². The minimum Gasteiger partial charge on any atom is -0.462 e. The van der Waals surface area contributed by atoms with Gasteiger partial charge in [0.15, 0.2) is 12.2 Å². The van der Waals surface area contributed by atoms with Crippen molar-refractivity contribution in [3.8, 4) is 0 Å². The third-order valence-corrected chi connectivity index (χ3v) is 17.7. The van der Waals surface area contributed by atoms with Gasteiger partial charge in [0.2, 0.25) is 0 Å². The largest absolute Gasteiger partial charge is 0.472 e. The molecular formula is C68H132O17P2. The third-order valence-electron chi connectivity index (χ3n) is 15.8. The summed E-state index contributed by atoms with van der Waals surface area (Å²) in [5.41, 5.74) is 0. The van der Waals surface area contributed by atoms with Gasteiger partial charge in [-0.2, -0.15) is 0 Å². The minimum absolute atomic E-state index is 0.107. The first-order valence-corrected chi connectivity index (χ1v) is 38.6. The van der Waals surface area contributed by atoms with Crippen molar-refractivity contribution < 1.29 is 80.2 Å². The molecule has 0 aliphatic rings. The smallest absolute Gasteiger partial charge is 0.462 e. The molecule has 3 N–H and O–H groups in total. The van der Waals surface area contributed by atoms with E-state index in [0.717, 1.165) is 95.8 Å². The number of carbonyl (C=O) groups excluding carboxylic acids is 4. The van der Waals surface area contributed by atoms with Crippen molar-refractivity contribution in [2.45, 2.75) is 368 Å². The second kappa shape index (κ2) is 61.6. The van der Waals surface area contributed by atoms with Gasteiger partial charge in [0.25, 0.3) is 0 Å². The van der Waals surface area contributed by atoms with Crippen molar-refractivity contribution in [3.63, 3.8) is 0 Å². The average Bonchev–Trinajstić information content (AvgIpc) is 3.66. The molecule has 0 aromatic rings. The Morgan fingerprint density at radius 2 is 0.529 bits per heavy atom. The van der Waals surface area contributed by atoms with Crippen LogP contribution in [0.5, 0.6) is 0 Å². The van der Waals surface area contributed by atoms with Crippen LogP contribution in [-0.4, -0.2) is 96.7 Å². The molecule has 87 heavy (non-hydrogen) atoms. The Labute approximate surface area is 530 Å². The van der Waals surface area contributed by atoms with Gasteiger partial charge in [-0.25, -0.2) is 9.13 Å². The molecule has 0 aromatic heterocycles. The predicted octanol–water partition coefficient (Wildman–Crippen LogP) is 19.4. The molecule has 0 bridgehead atoms. The van der Waals surface area contributed by atoms with Crippen LogP contribution in [-0.2, 0) is 65.4 Å². The first kappa shape index (κ1) is 85.1. The molecule has 5 atom stereocenters. The molecule has 2 unspecified atom stereocenters. The van der Waals surface area contributed by atoms with E-state index >= 15 is 0 Å². The molecule has 516 valence electrons. The Bertz CT molecular complexity index is 1690. The van der Waals surface area contributed by atoms with E-state index in [4.69, 9.17) is 37.0 Å². The summed E-state index contributed by atoms with van der Waals surface area (Å²) >= 11 is 0. The highest BCUT2D eigenvalue weighted by atomic mass is 31.2. The monoisotopic (exact) mass is 1280 g/mol. The zero-order valence-electron chi connectivity index (χ0n) is 56.2. The maximum absolute atomic E-state index is 13.0. The molecular weight excluding hydrogens is 1150 g/mol. The van der Waals surface area contributed by atoms with Crippen LogP contribution < -0.4 is 0 Å². The Balaban J connectivity index is 5.24. The average molecular weight is 1280 g/mol. The molecule has 0 saturated carbocycles. The van der Waals surface area contributed by atoms with Crippen LogP contribution >= 0.6 is 15.6 Å². The van der Waals surface area contributed by atoms with Gasteiger partial charge in [0, 0.05) is 25.7 Å². The van der Waals surface area contributed by atoms with Crippen molar-refractivity contribution >= 4 is 39.5 Å². The summed E-state index contributed by atoms with van der Waals surface area (Å²) in [5, 5.41) is 10.6. The number of hydrogen-bond donors (Lipinski definition) is 3. The fourth-order valence-corrected chi connectivity index (χ4v) is 11.9. The lowest BCUT2D eigenvalue weighted by molar-refractivity contribution is -0.161. The molecule has 0 spiro atoms. The van der Waals surface area contributed by atoms with Crippen molar-refractivity contribution in [1.82, 2.24) is 0 Å². The number of ether oxygens (including phenoxy) is 4. The van der Waals surface area contributed by atoms with Crippen LogP contribution in [0.1, 0.15) is 349 Å². The number of carbonyl (C=O) groups is 4. The summed E-state index contributed by atoms with van der Waals surface area (Å²) in [6.45, 7) is 7.21. The molecule has 0 aliphatic carbocycles. The number of unbranched alkanes of at least 4 members (excludes halogenated alkanes) is 40. The highest BCUT2D eigenvalue weighted by molar-refractivity contribution is 7.47. The molecule has 0 aliphatic heterocycles. The highest BCUT2D eigenvalue weighted by Gasteiger charge is 2.30. The van der Waals surface area contributed by atoms with E-state index in [1.54, 1.807) is 0 Å². The van der Waals surface area contributed by atoms with Crippen LogP contribution in [0.15, 0.2) is 0 Å². The zero-order chi connectivity index (χ0) is 64.2. The quantitative estimate of drug-likeness (QED) is 0.0222. The normalized spacial score (nSPS) is 14.1. The molecule has 0 heterocycles. The second-order valence-electron chi connectivity index (χ2n) is 25.0. The first-order valence-electron chi connectivity index (χ1n) is 35.6. The summed E-state index contributed by atoms with van der Waals surface area (Å²) in [6.07, 6.45) is 47.0. The van der Waals surface area contributed by atoms with Gasteiger partial charge >= 0.3 is 39.5 Å². The molecule has 0 fully saturated rings. The Morgan fingerprint density at radius 1 is 0.310 bits per heavy atom. The van der Waals surface area contributed by atoms with Crippen molar-refractivity contribution in [3.05, 3.63) is 0 Å². The molecule has 17 nitrogen and oxygen atoms in total. The summed E-state index contributed by atoms with van der Waals surface area (Å²) in [6, 6.07) is 0. The number of esters is 4. The number of aliphatic hydroxyl groups excluding tert-OH is 1. The molecule has 19 heteroatoms. The molecule has 0 aromatic carbocycles. The van der Waals surface area contributed by atoms with Gasteiger partial charge in [0.1, 0.15) is 19.3 Å². The van der Waals surface area contributed by atoms with Crippen molar-refractivity contribution in [2.75, 3.05) is 39.6 Å². The lowest BCUT2D eigenvalue weighted by Gasteiger charge is -2.21. The molecule has 0 saturated heterocycles. The van der Waals surface area contributed by atoms with Gasteiger partial charge < -0.3 is 33.8 Å². The maximum Gasteiger partial charge on any atom is 0.472 e. The van der Waals surface area contributed by atoms with Crippen molar-refractivity contribution in [1.29, 1.82) is 0 Å². The fourth-order valence-electron chi connectivity index (χ4n) is 10.3. The lowest BCUT2D eigenvalue weighted by atomic mass is 10.0. The zero-order valence-corrected chi connectivity index (χ0v) is 57.9. The van der Waals surface area contributed by atoms with Crippen LogP contribution in [0.3, 0.4) is 0 Å². The van der Waals surface area contributed by atoms with Crippen LogP contribution in [0.25, 0.3) is 0 Å². The molecule has 0 radical (unpaired) electrons. The third kappa shape index (κ3) is 62.6. The van der Waals surface area contributed by atoms with Crippen LogP contribution in [0, 0.1) is 5.92 Å². The van der Waals surface area contributed by atoms with Crippen LogP contribution in [0.2, 0.25) is 0 Å². The second-order valence-corrected chi connectivity index (χ2v) is 27.9. The van der Waals surface area contributed by atoms with Gasteiger partial charge in [-0.1, -0.05) is 298 Å². The predicted molar refractivity (Wildman–Crippen MR) is 349 cm³/mol. The highest BCUT2D eigenvalue weighted by Crippen LogP contribution is 2.45. The van der Waals surface area contributed by atoms with Gasteiger partial charge in [-0.3, -0.25) is 37.3 Å². The standard InChI is InChI=1S/C68H132O17P2/c1-6-9-12-15-18-21-23-24-25-27-34-39-44-49-54-68(73)85-64(58-79-66(71)52-47-42-37-32-29-28-31-35-40-45-50-61(4)5)60-83-87(76,77)81-56-62(69)55-80-86(74,75)82-59-63(57-78-65(70)51-46-41-36-30-20-17-14-11-8-3)84-67(72)53-48-43-38-33-26-22-19-16-13-10-7-2/h61-64,69H,6-60H2,1-5H3,(H,74,75)(H,76,77)/t62-,63+,64+/m0/s1. The van der Waals surface area contributed by atoms with E-state index in [9.17, 15) is 43.2 Å². The molecule has 0 rings (SSSR count). The first-order chi connectivity index (χ1) is 42.0. The number of phosphoric ester groups is 2.